The van der Waals surface area contributed by atoms with Gasteiger partial charge in [0.1, 0.15) is 0 Å². The van der Waals surface area contributed by atoms with Gasteiger partial charge in [0.2, 0.25) is 0 Å². The van der Waals surface area contributed by atoms with Crippen LogP contribution in [0.3, 0.4) is 0 Å². The van der Waals surface area contributed by atoms with E-state index in [9.17, 15) is 5.26 Å². The Morgan fingerprint density at radius 1 is 0.577 bits per heavy atom. The van der Waals surface area contributed by atoms with Crippen molar-refractivity contribution in [1.82, 2.24) is 4.98 Å². The third-order valence-corrected chi connectivity index (χ3v) is 4.44. The van der Waals surface area contributed by atoms with Gasteiger partial charge in [-0.25, -0.2) is 0 Å². The molecule has 122 valence electrons. The molecule has 2 nitrogen and oxygen atoms in total. The van der Waals surface area contributed by atoms with Gasteiger partial charge in [-0.3, -0.25) is 4.98 Å². The third-order valence-electron chi connectivity index (χ3n) is 4.44. The predicted molar refractivity (Wildman–Crippen MR) is 105 cm³/mol. The fourth-order valence-electron chi connectivity index (χ4n) is 3.28. The molecule has 0 spiro atoms. The highest BCUT2D eigenvalue weighted by Gasteiger charge is 2.17. The predicted octanol–water partition coefficient (Wildman–Crippen LogP) is 5.95. The summed E-state index contributed by atoms with van der Waals surface area (Å²) < 4.78 is 0. The van der Waals surface area contributed by atoms with Crippen LogP contribution >= 0.6 is 0 Å². The molecule has 26 heavy (non-hydrogen) atoms. The lowest BCUT2D eigenvalue weighted by Gasteiger charge is -2.17. The minimum absolute atomic E-state index is 0.674. The van der Waals surface area contributed by atoms with E-state index >= 15 is 0 Å². The number of nitrogens with zero attached hydrogens (tertiary/aromatic N) is 2. The standard InChI is InChI=1S/C24H16N2/c25-17-21-11-12-22(18-13-15-26-16-14-18)24(20-9-5-2-6-10-20)23(21)19-7-3-1-4-8-19/h1-16H. The van der Waals surface area contributed by atoms with E-state index in [2.05, 4.69) is 35.3 Å². The summed E-state index contributed by atoms with van der Waals surface area (Å²) in [6.07, 6.45) is 3.59. The molecule has 0 aliphatic carbocycles. The summed E-state index contributed by atoms with van der Waals surface area (Å²) in [5, 5.41) is 9.75. The Kier molecular flexibility index (Phi) is 4.28. The van der Waals surface area contributed by atoms with Crippen molar-refractivity contribution in [2.24, 2.45) is 0 Å². The fourth-order valence-corrected chi connectivity index (χ4v) is 3.28. The van der Waals surface area contributed by atoms with E-state index in [-0.39, 0.29) is 0 Å². The molecule has 3 aromatic carbocycles. The number of hydrogen-bond acceptors (Lipinski definition) is 2. The fraction of sp³-hybridized carbons (Fsp3) is 0. The minimum Gasteiger partial charge on any atom is -0.265 e. The lowest BCUT2D eigenvalue weighted by Crippen LogP contribution is -1.94. The maximum Gasteiger partial charge on any atom is 0.0998 e. The van der Waals surface area contributed by atoms with Crippen LogP contribution < -0.4 is 0 Å². The van der Waals surface area contributed by atoms with Crippen molar-refractivity contribution in [1.29, 1.82) is 5.26 Å². The molecule has 0 atom stereocenters. The second-order valence-electron chi connectivity index (χ2n) is 5.99. The summed E-state index contributed by atoms with van der Waals surface area (Å²) in [4.78, 5) is 4.14. The van der Waals surface area contributed by atoms with Crippen LogP contribution in [-0.4, -0.2) is 4.98 Å². The first-order valence-electron chi connectivity index (χ1n) is 8.47. The minimum atomic E-state index is 0.674. The van der Waals surface area contributed by atoms with Crippen molar-refractivity contribution < 1.29 is 0 Å². The topological polar surface area (TPSA) is 36.7 Å². The van der Waals surface area contributed by atoms with Gasteiger partial charge in [0.15, 0.2) is 0 Å². The number of hydrogen-bond donors (Lipinski definition) is 0. The largest absolute Gasteiger partial charge is 0.265 e. The Labute approximate surface area is 153 Å². The number of pyridine rings is 1. The molecule has 0 saturated heterocycles. The molecule has 2 heteroatoms. The first-order chi connectivity index (χ1) is 12.9. The van der Waals surface area contributed by atoms with Crippen LogP contribution in [0.15, 0.2) is 97.3 Å². The summed E-state index contributed by atoms with van der Waals surface area (Å²) in [6.45, 7) is 0. The molecule has 0 saturated carbocycles. The Bertz CT molecular complexity index is 1060. The molecule has 0 bridgehead atoms. The van der Waals surface area contributed by atoms with Crippen LogP contribution in [0.25, 0.3) is 33.4 Å². The van der Waals surface area contributed by atoms with E-state index in [1.807, 2.05) is 60.7 Å². The van der Waals surface area contributed by atoms with Gasteiger partial charge in [0, 0.05) is 18.0 Å². The molecule has 0 fully saturated rings. The van der Waals surface area contributed by atoms with Crippen molar-refractivity contribution in [3.8, 4) is 39.4 Å². The molecule has 0 aliphatic heterocycles. The molecule has 0 N–H and O–H groups in total. The highest BCUT2D eigenvalue weighted by atomic mass is 14.6. The van der Waals surface area contributed by atoms with Crippen molar-refractivity contribution in [2.75, 3.05) is 0 Å². The third kappa shape index (κ3) is 2.87. The van der Waals surface area contributed by atoms with Crippen LogP contribution in [0.2, 0.25) is 0 Å². The number of rotatable bonds is 3. The summed E-state index contributed by atoms with van der Waals surface area (Å²) in [5.41, 5.74) is 7.02. The smallest absolute Gasteiger partial charge is 0.0998 e. The lowest BCUT2D eigenvalue weighted by molar-refractivity contribution is 1.33. The summed E-state index contributed by atoms with van der Waals surface area (Å²) in [7, 11) is 0. The summed E-state index contributed by atoms with van der Waals surface area (Å²) >= 11 is 0. The van der Waals surface area contributed by atoms with Gasteiger partial charge in [-0.1, -0.05) is 66.7 Å². The van der Waals surface area contributed by atoms with Gasteiger partial charge in [-0.05, 0) is 46.0 Å². The molecule has 1 heterocycles. The van der Waals surface area contributed by atoms with Gasteiger partial charge in [0.05, 0.1) is 11.6 Å². The Morgan fingerprint density at radius 2 is 1.15 bits per heavy atom. The quantitative estimate of drug-likeness (QED) is 0.464. The molecular formula is C24H16N2. The van der Waals surface area contributed by atoms with E-state index < -0.39 is 0 Å². The second kappa shape index (κ2) is 7.04. The average molecular weight is 332 g/mol. The molecule has 0 radical (unpaired) electrons. The Balaban J connectivity index is 2.11. The lowest BCUT2D eigenvalue weighted by atomic mass is 9.85. The van der Waals surface area contributed by atoms with Crippen LogP contribution in [-0.2, 0) is 0 Å². The number of benzene rings is 3. The molecule has 0 aliphatic rings. The van der Waals surface area contributed by atoms with Crippen molar-refractivity contribution in [3.63, 3.8) is 0 Å². The Morgan fingerprint density at radius 3 is 1.73 bits per heavy atom. The van der Waals surface area contributed by atoms with E-state index in [1.165, 1.54) is 0 Å². The van der Waals surface area contributed by atoms with Crippen LogP contribution in [0.1, 0.15) is 5.56 Å². The van der Waals surface area contributed by atoms with Crippen molar-refractivity contribution in [3.05, 3.63) is 103 Å². The molecule has 1 aromatic heterocycles. The van der Waals surface area contributed by atoms with Gasteiger partial charge < -0.3 is 0 Å². The molecule has 4 rings (SSSR count). The molecular weight excluding hydrogens is 316 g/mol. The van der Waals surface area contributed by atoms with E-state index in [4.69, 9.17) is 0 Å². The van der Waals surface area contributed by atoms with Crippen molar-refractivity contribution in [2.45, 2.75) is 0 Å². The summed E-state index contributed by atoms with van der Waals surface area (Å²) in [6, 6.07) is 30.7. The van der Waals surface area contributed by atoms with E-state index in [0.717, 1.165) is 33.4 Å². The normalized spacial score (nSPS) is 10.3. The van der Waals surface area contributed by atoms with E-state index in [0.29, 0.717) is 5.56 Å². The number of aromatic nitrogens is 1. The van der Waals surface area contributed by atoms with Crippen LogP contribution in [0.5, 0.6) is 0 Å². The molecule has 0 unspecified atom stereocenters. The van der Waals surface area contributed by atoms with Gasteiger partial charge in [-0.2, -0.15) is 5.26 Å². The zero-order valence-electron chi connectivity index (χ0n) is 14.1. The first-order valence-corrected chi connectivity index (χ1v) is 8.47. The van der Waals surface area contributed by atoms with Crippen LogP contribution in [0, 0.1) is 11.3 Å². The number of nitriles is 1. The zero-order chi connectivity index (χ0) is 17.8. The molecule has 4 aromatic rings. The highest BCUT2D eigenvalue weighted by Crippen LogP contribution is 2.41. The Hall–Kier alpha value is -3.70. The van der Waals surface area contributed by atoms with E-state index in [1.54, 1.807) is 12.4 Å². The average Bonchev–Trinajstić information content (AvgIpc) is 2.74. The van der Waals surface area contributed by atoms with Crippen molar-refractivity contribution >= 4 is 0 Å². The monoisotopic (exact) mass is 332 g/mol. The van der Waals surface area contributed by atoms with Gasteiger partial charge >= 0.3 is 0 Å². The van der Waals surface area contributed by atoms with Crippen LogP contribution in [0.4, 0.5) is 0 Å². The maximum absolute atomic E-state index is 9.75. The maximum atomic E-state index is 9.75. The second-order valence-corrected chi connectivity index (χ2v) is 5.99. The first kappa shape index (κ1) is 15.8. The van der Waals surface area contributed by atoms with Gasteiger partial charge in [0.25, 0.3) is 0 Å². The zero-order valence-corrected chi connectivity index (χ0v) is 14.1. The highest BCUT2D eigenvalue weighted by molar-refractivity contribution is 5.96. The molecule has 0 amide bonds. The summed E-state index contributed by atoms with van der Waals surface area (Å²) in [5.74, 6) is 0. The van der Waals surface area contributed by atoms with Gasteiger partial charge in [-0.15, -0.1) is 0 Å². The SMILES string of the molecule is N#Cc1ccc(-c2ccncc2)c(-c2ccccc2)c1-c1ccccc1.